The summed E-state index contributed by atoms with van der Waals surface area (Å²) >= 11 is 4.18. The Morgan fingerprint density at radius 3 is 2.29 bits per heavy atom. The van der Waals surface area contributed by atoms with Gasteiger partial charge < -0.3 is 0 Å². The molecule has 39 valence electrons. The van der Waals surface area contributed by atoms with Crippen molar-refractivity contribution >= 4 is 32.1 Å². The molecule has 0 fully saturated rings. The van der Waals surface area contributed by atoms with E-state index in [1.54, 1.807) is 0 Å². The van der Waals surface area contributed by atoms with E-state index in [1.165, 1.54) is 0 Å². The van der Waals surface area contributed by atoms with E-state index in [0.29, 0.717) is 0 Å². The Hall–Kier alpha value is 0.715. The summed E-state index contributed by atoms with van der Waals surface area (Å²) in [6.07, 6.45) is 0.964. The summed E-state index contributed by atoms with van der Waals surface area (Å²) in [5.74, 6) is 0. The molecule has 0 aliphatic heterocycles. The van der Waals surface area contributed by atoms with Crippen molar-refractivity contribution < 1.29 is 0 Å². The molecule has 0 aromatic carbocycles. The monoisotopic (exact) mass is 131 g/mol. The van der Waals surface area contributed by atoms with Crippen molar-refractivity contribution in [1.82, 2.24) is 0 Å². The zero-order chi connectivity index (χ0) is 5.86. The van der Waals surface area contributed by atoms with Crippen LogP contribution in [0, 0.1) is 0 Å². The molecule has 7 heavy (non-hydrogen) atoms. The number of thiol groups is 1. The third kappa shape index (κ3) is 3.31. The van der Waals surface area contributed by atoms with E-state index in [1.807, 2.05) is 13.6 Å². The zero-order valence-electron chi connectivity index (χ0n) is 4.68. The van der Waals surface area contributed by atoms with Gasteiger partial charge in [-0.3, -0.25) is 0 Å². The second kappa shape index (κ2) is 3.68. The Morgan fingerprint density at radius 1 is 1.86 bits per heavy atom. The maximum atomic E-state index is 5.48. The molecule has 1 unspecified atom stereocenters. The summed E-state index contributed by atoms with van der Waals surface area (Å²) < 4.78 is 0. The topological polar surface area (TPSA) is 0 Å². The van der Waals surface area contributed by atoms with Crippen LogP contribution in [-0.4, -0.2) is 19.4 Å². The van der Waals surface area contributed by atoms with Gasteiger partial charge in [0.2, 0.25) is 0 Å². The molecule has 0 rings (SSSR count). The van der Waals surface area contributed by atoms with Crippen molar-refractivity contribution in [3.63, 3.8) is 0 Å². The van der Waals surface area contributed by atoms with E-state index < -0.39 is 0 Å². The predicted octanol–water partition coefficient (Wildman–Crippen LogP) is 1.65. The summed E-state index contributed by atoms with van der Waals surface area (Å²) in [5, 5.41) is 1.03. The molecule has 0 aliphatic carbocycles. The minimum atomic E-state index is -0.273. The standard InChI is InChI=1S/C4H9BPS/c1-3-4(5)6(2)7/h7H,3H2,1-2H3. The van der Waals surface area contributed by atoms with Crippen LogP contribution in [0.2, 0.25) is 0 Å². The molecule has 3 heteroatoms. The maximum absolute atomic E-state index is 5.48. The third-order valence-electron chi connectivity index (χ3n) is 0.778. The van der Waals surface area contributed by atoms with Crippen LogP contribution in [0.3, 0.4) is 0 Å². The number of rotatable bonds is 2. The van der Waals surface area contributed by atoms with Crippen LogP contribution in [0.25, 0.3) is 0 Å². The van der Waals surface area contributed by atoms with Gasteiger partial charge in [-0.1, -0.05) is 0 Å². The van der Waals surface area contributed by atoms with Crippen molar-refractivity contribution in [2.24, 2.45) is 0 Å². The van der Waals surface area contributed by atoms with Gasteiger partial charge in [-0.15, -0.1) is 0 Å². The fourth-order valence-electron chi connectivity index (χ4n) is 0.229. The van der Waals surface area contributed by atoms with Crippen molar-refractivity contribution in [3.8, 4) is 0 Å². The number of hydrogen-bond donors (Lipinski definition) is 1. The molecule has 0 amide bonds. The van der Waals surface area contributed by atoms with Crippen LogP contribution in [0.4, 0.5) is 0 Å². The minimum absolute atomic E-state index is 0.273. The van der Waals surface area contributed by atoms with Crippen LogP contribution < -0.4 is 0 Å². The average Bonchev–Trinajstić information content (AvgIpc) is 1.65. The first-order valence-corrected chi connectivity index (χ1v) is 5.16. The summed E-state index contributed by atoms with van der Waals surface area (Å²) in [7, 11) is 5.21. The van der Waals surface area contributed by atoms with Gasteiger partial charge in [0.05, 0.1) is 0 Å². The Balaban J connectivity index is 3.35. The van der Waals surface area contributed by atoms with Crippen molar-refractivity contribution in [2.45, 2.75) is 13.3 Å². The summed E-state index contributed by atoms with van der Waals surface area (Å²) in [5.41, 5.74) is 0. The predicted molar refractivity (Wildman–Crippen MR) is 42.9 cm³/mol. The van der Waals surface area contributed by atoms with Gasteiger partial charge >= 0.3 is 52.1 Å². The van der Waals surface area contributed by atoms with E-state index in [4.69, 9.17) is 7.49 Å². The van der Waals surface area contributed by atoms with Gasteiger partial charge in [-0.2, -0.15) is 0 Å². The van der Waals surface area contributed by atoms with Gasteiger partial charge in [-0.25, -0.2) is 0 Å². The van der Waals surface area contributed by atoms with Crippen molar-refractivity contribution in [2.75, 3.05) is 6.66 Å². The summed E-state index contributed by atoms with van der Waals surface area (Å²) in [6, 6.07) is 0. The molecule has 0 aromatic rings. The van der Waals surface area contributed by atoms with Gasteiger partial charge in [0.25, 0.3) is 0 Å². The first-order chi connectivity index (χ1) is 3.18. The Bertz CT molecular complexity index is 72.1. The van der Waals surface area contributed by atoms with E-state index in [9.17, 15) is 0 Å². The first-order valence-electron chi connectivity index (χ1n) is 2.22. The summed E-state index contributed by atoms with van der Waals surface area (Å²) in [4.78, 5) is 0. The Kier molecular flexibility index (Phi) is 4.06. The fourth-order valence-corrected chi connectivity index (χ4v) is 1.11. The van der Waals surface area contributed by atoms with Crippen molar-refractivity contribution in [1.29, 1.82) is 0 Å². The second-order valence-corrected chi connectivity index (χ2v) is 4.79. The molecule has 0 nitrogen and oxygen atoms in total. The van der Waals surface area contributed by atoms with Crippen LogP contribution >= 0.6 is 19.4 Å². The first kappa shape index (κ1) is 7.71. The molecule has 1 radical (unpaired) electrons. The van der Waals surface area contributed by atoms with E-state index >= 15 is 0 Å². The number of hydrogen-bond acceptors (Lipinski definition) is 1. The van der Waals surface area contributed by atoms with Gasteiger partial charge in [0.1, 0.15) is 0 Å². The molecule has 0 spiro atoms. The van der Waals surface area contributed by atoms with E-state index in [2.05, 4.69) is 12.2 Å². The van der Waals surface area contributed by atoms with E-state index in [-0.39, 0.29) is 7.12 Å². The molecule has 0 N–H and O–H groups in total. The summed E-state index contributed by atoms with van der Waals surface area (Å²) in [6.45, 7) is 4.08. The van der Waals surface area contributed by atoms with Crippen LogP contribution in [0.5, 0.6) is 0 Å². The SMILES string of the molecule is [B]=C(CC)P(C)S. The molecular weight excluding hydrogens is 122 g/mol. The Labute approximate surface area is 52.7 Å². The average molecular weight is 131 g/mol. The van der Waals surface area contributed by atoms with Crippen LogP contribution in [0.15, 0.2) is 0 Å². The van der Waals surface area contributed by atoms with Crippen LogP contribution in [-0.2, 0) is 0 Å². The molecule has 0 heterocycles. The second-order valence-electron chi connectivity index (χ2n) is 1.37. The normalized spacial score (nSPS) is 13.4. The zero-order valence-corrected chi connectivity index (χ0v) is 6.47. The molecular formula is C4H9BPS. The van der Waals surface area contributed by atoms with Gasteiger partial charge in [0.15, 0.2) is 0 Å². The third-order valence-corrected chi connectivity index (χ3v) is 2.70. The molecule has 0 aliphatic rings. The molecule has 0 aromatic heterocycles. The molecule has 0 saturated heterocycles. The quantitative estimate of drug-likeness (QED) is 0.328. The Morgan fingerprint density at radius 2 is 2.29 bits per heavy atom. The van der Waals surface area contributed by atoms with Gasteiger partial charge in [0, 0.05) is 0 Å². The van der Waals surface area contributed by atoms with Crippen molar-refractivity contribution in [3.05, 3.63) is 0 Å². The van der Waals surface area contributed by atoms with Gasteiger partial charge in [-0.05, 0) is 0 Å². The fraction of sp³-hybridized carbons (Fsp3) is 0.750. The van der Waals surface area contributed by atoms with E-state index in [0.717, 1.165) is 11.6 Å². The molecule has 1 atom stereocenters. The molecule has 0 bridgehead atoms. The molecule has 0 saturated carbocycles. The van der Waals surface area contributed by atoms with Crippen LogP contribution in [0.1, 0.15) is 13.3 Å².